The van der Waals surface area contributed by atoms with Gasteiger partial charge in [-0.2, -0.15) is 8.78 Å². The van der Waals surface area contributed by atoms with Crippen molar-refractivity contribution in [1.29, 1.82) is 0 Å². The SMILES string of the molecule is C[C@@H](c1ccc(-c2nnc(C(F)F)o2)cc1)n1cc(-c2ccc(N)nc2)nn1. The molecule has 0 spiro atoms. The molecule has 0 aliphatic rings. The van der Waals surface area contributed by atoms with Crippen molar-refractivity contribution < 1.29 is 13.2 Å². The summed E-state index contributed by atoms with van der Waals surface area (Å²) in [6.07, 6.45) is 0.665. The second-order valence-electron chi connectivity index (χ2n) is 6.10. The largest absolute Gasteiger partial charge is 0.415 e. The summed E-state index contributed by atoms with van der Waals surface area (Å²) in [5, 5.41) is 15.3. The second-order valence-corrected chi connectivity index (χ2v) is 6.10. The summed E-state index contributed by atoms with van der Waals surface area (Å²) in [6.45, 7) is 1.97. The Hall–Kier alpha value is -3.69. The number of hydrogen-bond acceptors (Lipinski definition) is 7. The zero-order valence-electron chi connectivity index (χ0n) is 14.7. The highest BCUT2D eigenvalue weighted by Gasteiger charge is 2.17. The molecule has 0 radical (unpaired) electrons. The summed E-state index contributed by atoms with van der Waals surface area (Å²) < 4.78 is 31.8. The van der Waals surface area contributed by atoms with Gasteiger partial charge in [-0.1, -0.05) is 17.3 Å². The van der Waals surface area contributed by atoms with Gasteiger partial charge in [0, 0.05) is 17.3 Å². The molecule has 0 unspecified atom stereocenters. The Morgan fingerprint density at radius 3 is 2.39 bits per heavy atom. The van der Waals surface area contributed by atoms with E-state index < -0.39 is 12.3 Å². The number of alkyl halides is 2. The van der Waals surface area contributed by atoms with E-state index in [0.29, 0.717) is 17.1 Å². The maximum absolute atomic E-state index is 12.6. The molecule has 142 valence electrons. The highest BCUT2D eigenvalue weighted by Crippen LogP contribution is 2.26. The van der Waals surface area contributed by atoms with E-state index in [9.17, 15) is 8.78 Å². The summed E-state index contributed by atoms with van der Waals surface area (Å²) >= 11 is 0. The summed E-state index contributed by atoms with van der Waals surface area (Å²) in [7, 11) is 0. The van der Waals surface area contributed by atoms with Gasteiger partial charge in [-0.05, 0) is 36.8 Å². The number of hydrogen-bond donors (Lipinski definition) is 1. The molecule has 8 nitrogen and oxygen atoms in total. The van der Waals surface area contributed by atoms with Crippen LogP contribution in [-0.4, -0.2) is 30.2 Å². The molecule has 10 heteroatoms. The van der Waals surface area contributed by atoms with E-state index in [2.05, 4.69) is 25.5 Å². The number of nitrogens with two attached hydrogens (primary N) is 1. The van der Waals surface area contributed by atoms with Gasteiger partial charge >= 0.3 is 6.43 Å². The Labute approximate surface area is 158 Å². The van der Waals surface area contributed by atoms with E-state index in [-0.39, 0.29) is 11.9 Å². The number of nitrogens with zero attached hydrogens (tertiary/aromatic N) is 6. The first-order chi connectivity index (χ1) is 13.5. The minimum atomic E-state index is -2.79. The number of halogens is 2. The predicted octanol–water partition coefficient (Wildman–Crippen LogP) is 3.52. The molecule has 0 saturated heterocycles. The monoisotopic (exact) mass is 383 g/mol. The molecule has 3 aromatic heterocycles. The lowest BCUT2D eigenvalue weighted by Gasteiger charge is -2.11. The summed E-state index contributed by atoms with van der Waals surface area (Å²) in [6, 6.07) is 10.6. The molecule has 0 aliphatic carbocycles. The Morgan fingerprint density at radius 1 is 1.00 bits per heavy atom. The standard InChI is InChI=1S/C18H15F2N7O/c1-10(27-9-14(23-26-27)13-6-7-15(21)22-8-13)11-2-4-12(5-3-11)17-24-25-18(28-17)16(19)20/h2-10,16H,1H3,(H2,21,22)/t10-/m0/s1. The van der Waals surface area contributed by atoms with Gasteiger partial charge in [0.25, 0.3) is 5.89 Å². The number of anilines is 1. The third-order valence-corrected chi connectivity index (χ3v) is 4.26. The molecule has 0 aliphatic heterocycles. The Morgan fingerprint density at radius 2 is 1.75 bits per heavy atom. The smallest absolute Gasteiger partial charge is 0.314 e. The zero-order chi connectivity index (χ0) is 19.7. The quantitative estimate of drug-likeness (QED) is 0.561. The fraction of sp³-hybridized carbons (Fsp3) is 0.167. The van der Waals surface area contributed by atoms with Crippen LogP contribution in [0.3, 0.4) is 0 Å². The van der Waals surface area contributed by atoms with Gasteiger partial charge in [0.15, 0.2) is 0 Å². The van der Waals surface area contributed by atoms with Crippen LogP contribution >= 0.6 is 0 Å². The average molecular weight is 383 g/mol. The van der Waals surface area contributed by atoms with Crippen molar-refractivity contribution in [2.75, 3.05) is 5.73 Å². The van der Waals surface area contributed by atoms with Crippen molar-refractivity contribution in [3.05, 3.63) is 60.2 Å². The lowest BCUT2D eigenvalue weighted by molar-refractivity contribution is 0.116. The van der Waals surface area contributed by atoms with Gasteiger partial charge in [0.1, 0.15) is 11.5 Å². The van der Waals surface area contributed by atoms with Crippen molar-refractivity contribution in [2.24, 2.45) is 0 Å². The minimum absolute atomic E-state index is 0.0494. The van der Waals surface area contributed by atoms with Gasteiger partial charge in [0.05, 0.1) is 12.2 Å². The predicted molar refractivity (Wildman–Crippen MR) is 96.2 cm³/mol. The third kappa shape index (κ3) is 3.43. The molecule has 2 N–H and O–H groups in total. The van der Waals surface area contributed by atoms with E-state index in [1.54, 1.807) is 29.1 Å². The van der Waals surface area contributed by atoms with Crippen LogP contribution in [0.2, 0.25) is 0 Å². The topological polar surface area (TPSA) is 109 Å². The highest BCUT2D eigenvalue weighted by atomic mass is 19.3. The van der Waals surface area contributed by atoms with E-state index in [1.807, 2.05) is 31.3 Å². The number of benzene rings is 1. The molecule has 1 atom stereocenters. The van der Waals surface area contributed by atoms with Gasteiger partial charge in [-0.15, -0.1) is 15.3 Å². The van der Waals surface area contributed by atoms with Crippen LogP contribution in [0.4, 0.5) is 14.6 Å². The van der Waals surface area contributed by atoms with Crippen molar-refractivity contribution in [3.8, 4) is 22.7 Å². The fourth-order valence-electron chi connectivity index (χ4n) is 2.65. The summed E-state index contributed by atoms with van der Waals surface area (Å²) in [4.78, 5) is 4.05. The van der Waals surface area contributed by atoms with Crippen LogP contribution in [-0.2, 0) is 0 Å². The van der Waals surface area contributed by atoms with Crippen LogP contribution in [0.15, 0.2) is 53.2 Å². The molecule has 28 heavy (non-hydrogen) atoms. The number of rotatable bonds is 5. The fourth-order valence-corrected chi connectivity index (χ4v) is 2.65. The van der Waals surface area contributed by atoms with Crippen LogP contribution in [0, 0.1) is 0 Å². The molecule has 0 fully saturated rings. The molecular weight excluding hydrogens is 368 g/mol. The van der Waals surface area contributed by atoms with Gasteiger partial charge < -0.3 is 10.2 Å². The van der Waals surface area contributed by atoms with E-state index in [1.165, 1.54) is 0 Å². The lowest BCUT2D eigenvalue weighted by Crippen LogP contribution is -2.07. The van der Waals surface area contributed by atoms with Crippen molar-refractivity contribution in [3.63, 3.8) is 0 Å². The summed E-state index contributed by atoms with van der Waals surface area (Å²) in [5.41, 5.74) is 8.60. The maximum Gasteiger partial charge on any atom is 0.314 e. The van der Waals surface area contributed by atoms with Crippen LogP contribution in [0.1, 0.15) is 30.8 Å². The maximum atomic E-state index is 12.6. The molecule has 4 rings (SSSR count). The molecular formula is C18H15F2N7O. The highest BCUT2D eigenvalue weighted by molar-refractivity contribution is 5.58. The summed E-state index contributed by atoms with van der Waals surface area (Å²) in [5.74, 6) is -0.209. The lowest BCUT2D eigenvalue weighted by atomic mass is 10.1. The van der Waals surface area contributed by atoms with E-state index in [4.69, 9.17) is 10.2 Å². The first kappa shape index (κ1) is 17.7. The first-order valence-corrected chi connectivity index (χ1v) is 8.37. The van der Waals surface area contributed by atoms with Crippen molar-refractivity contribution in [2.45, 2.75) is 19.4 Å². The van der Waals surface area contributed by atoms with E-state index in [0.717, 1.165) is 11.1 Å². The number of aromatic nitrogens is 6. The van der Waals surface area contributed by atoms with E-state index >= 15 is 0 Å². The van der Waals surface area contributed by atoms with Gasteiger partial charge in [0.2, 0.25) is 5.89 Å². The number of nitrogen functional groups attached to an aromatic ring is 1. The minimum Gasteiger partial charge on any atom is -0.415 e. The van der Waals surface area contributed by atoms with Crippen molar-refractivity contribution >= 4 is 5.82 Å². The Bertz CT molecular complexity index is 1070. The molecule has 4 aromatic rings. The number of pyridine rings is 1. The molecule has 0 saturated carbocycles. The molecule has 1 aromatic carbocycles. The van der Waals surface area contributed by atoms with Crippen LogP contribution < -0.4 is 5.73 Å². The van der Waals surface area contributed by atoms with Crippen molar-refractivity contribution in [1.82, 2.24) is 30.2 Å². The molecule has 3 heterocycles. The first-order valence-electron chi connectivity index (χ1n) is 8.37. The zero-order valence-corrected chi connectivity index (χ0v) is 14.7. The molecule has 0 amide bonds. The Balaban J connectivity index is 1.53. The van der Waals surface area contributed by atoms with Gasteiger partial charge in [-0.3, -0.25) is 0 Å². The average Bonchev–Trinajstić information content (AvgIpc) is 3.38. The normalized spacial score (nSPS) is 12.4. The second kappa shape index (κ2) is 7.14. The van der Waals surface area contributed by atoms with Gasteiger partial charge in [-0.25, -0.2) is 9.67 Å². The van der Waals surface area contributed by atoms with Crippen LogP contribution in [0.5, 0.6) is 0 Å². The molecule has 0 bridgehead atoms. The van der Waals surface area contributed by atoms with Crippen LogP contribution in [0.25, 0.3) is 22.7 Å². The Kier molecular flexibility index (Phi) is 4.52. The third-order valence-electron chi connectivity index (χ3n) is 4.26.